The number of halogens is 7. The Bertz CT molecular complexity index is 656. The number of hydrogen-bond acceptors (Lipinski definition) is 1. The molecule has 1 nitrogen and oxygen atoms in total. The summed E-state index contributed by atoms with van der Waals surface area (Å²) in [5.41, 5.74) is -1.56. The van der Waals surface area contributed by atoms with Crippen molar-refractivity contribution in [2.24, 2.45) is 0 Å². The molecule has 22 heavy (non-hydrogen) atoms. The van der Waals surface area contributed by atoms with Gasteiger partial charge in [-0.05, 0) is 35.4 Å². The zero-order valence-corrected chi connectivity index (χ0v) is 10.6. The normalized spacial score (nSPS) is 12.3. The van der Waals surface area contributed by atoms with Gasteiger partial charge in [-0.15, -0.1) is 13.2 Å². The van der Waals surface area contributed by atoms with Crippen LogP contribution in [0.1, 0.15) is 5.56 Å². The molecule has 0 N–H and O–H groups in total. The standard InChI is InChI=1S/C14H7F7O/c15-9-3-6-11(12(7-9)13(16,17)18)8-1-4-10(5-2-8)22-14(19,20)21/h1-7H. The molecular weight excluding hydrogens is 317 g/mol. The molecule has 2 aromatic rings. The van der Waals surface area contributed by atoms with Gasteiger partial charge in [0.25, 0.3) is 0 Å². The molecule has 118 valence electrons. The number of ether oxygens (including phenoxy) is 1. The van der Waals surface area contributed by atoms with Gasteiger partial charge >= 0.3 is 12.5 Å². The molecule has 0 heterocycles. The van der Waals surface area contributed by atoms with E-state index >= 15 is 0 Å². The van der Waals surface area contributed by atoms with Gasteiger partial charge in [0.15, 0.2) is 0 Å². The molecular formula is C14H7F7O. The summed E-state index contributed by atoms with van der Waals surface area (Å²) in [7, 11) is 0. The molecule has 0 aromatic heterocycles. The van der Waals surface area contributed by atoms with Gasteiger partial charge in [-0.1, -0.05) is 18.2 Å². The maximum atomic E-state index is 13.0. The van der Waals surface area contributed by atoms with E-state index in [1.807, 2.05) is 0 Å². The third-order valence-electron chi connectivity index (χ3n) is 2.69. The molecule has 8 heteroatoms. The summed E-state index contributed by atoms with van der Waals surface area (Å²) < 4.78 is 91.3. The summed E-state index contributed by atoms with van der Waals surface area (Å²) >= 11 is 0. The highest BCUT2D eigenvalue weighted by molar-refractivity contribution is 5.68. The summed E-state index contributed by atoms with van der Waals surface area (Å²) in [6.45, 7) is 0. The van der Waals surface area contributed by atoms with Gasteiger partial charge in [-0.25, -0.2) is 4.39 Å². The fourth-order valence-corrected chi connectivity index (χ4v) is 1.84. The lowest BCUT2D eigenvalue weighted by atomic mass is 9.99. The van der Waals surface area contributed by atoms with Crippen molar-refractivity contribution in [1.29, 1.82) is 0 Å². The van der Waals surface area contributed by atoms with Crippen LogP contribution in [0.5, 0.6) is 5.75 Å². The summed E-state index contributed by atoms with van der Waals surface area (Å²) in [5, 5.41) is 0. The van der Waals surface area contributed by atoms with Crippen LogP contribution in [0.25, 0.3) is 11.1 Å². The second-order valence-corrected chi connectivity index (χ2v) is 4.26. The van der Waals surface area contributed by atoms with Crippen LogP contribution < -0.4 is 4.74 Å². The Morgan fingerprint density at radius 3 is 1.86 bits per heavy atom. The minimum atomic E-state index is -4.89. The van der Waals surface area contributed by atoms with Gasteiger partial charge in [0, 0.05) is 0 Å². The van der Waals surface area contributed by atoms with Crippen molar-refractivity contribution in [3.05, 3.63) is 53.8 Å². The molecule has 0 spiro atoms. The summed E-state index contributed by atoms with van der Waals surface area (Å²) in [5.74, 6) is -1.62. The zero-order valence-electron chi connectivity index (χ0n) is 10.6. The molecule has 0 radical (unpaired) electrons. The van der Waals surface area contributed by atoms with Crippen molar-refractivity contribution in [3.63, 3.8) is 0 Å². The van der Waals surface area contributed by atoms with Crippen molar-refractivity contribution in [2.45, 2.75) is 12.5 Å². The van der Waals surface area contributed by atoms with E-state index in [9.17, 15) is 30.7 Å². The maximum absolute atomic E-state index is 13.0. The van der Waals surface area contributed by atoms with Crippen molar-refractivity contribution in [1.82, 2.24) is 0 Å². The van der Waals surface area contributed by atoms with Crippen LogP contribution in [0.3, 0.4) is 0 Å². The third kappa shape index (κ3) is 3.90. The first-order valence-electron chi connectivity index (χ1n) is 5.79. The lowest BCUT2D eigenvalue weighted by Gasteiger charge is -2.14. The largest absolute Gasteiger partial charge is 0.573 e. The molecule has 0 unspecified atom stereocenters. The van der Waals surface area contributed by atoms with Gasteiger partial charge in [0.2, 0.25) is 0 Å². The van der Waals surface area contributed by atoms with E-state index in [4.69, 9.17) is 0 Å². The van der Waals surface area contributed by atoms with Crippen LogP contribution in [0, 0.1) is 5.82 Å². The Hall–Kier alpha value is -2.25. The molecule has 2 rings (SSSR count). The summed E-state index contributed by atoms with van der Waals surface area (Å²) in [4.78, 5) is 0. The van der Waals surface area contributed by atoms with E-state index in [-0.39, 0.29) is 11.1 Å². The van der Waals surface area contributed by atoms with Crippen LogP contribution in [0.4, 0.5) is 30.7 Å². The minimum Gasteiger partial charge on any atom is -0.406 e. The van der Waals surface area contributed by atoms with Crippen molar-refractivity contribution in [3.8, 4) is 16.9 Å². The van der Waals surface area contributed by atoms with E-state index < -0.39 is 29.7 Å². The quantitative estimate of drug-likeness (QED) is 0.671. The Balaban J connectivity index is 2.41. The first kappa shape index (κ1) is 16.1. The first-order valence-corrected chi connectivity index (χ1v) is 5.79. The highest BCUT2D eigenvalue weighted by Gasteiger charge is 2.34. The molecule has 2 aromatic carbocycles. The molecule has 0 bridgehead atoms. The second kappa shape index (κ2) is 5.51. The van der Waals surface area contributed by atoms with Crippen LogP contribution in [-0.4, -0.2) is 6.36 Å². The second-order valence-electron chi connectivity index (χ2n) is 4.26. The highest BCUT2D eigenvalue weighted by atomic mass is 19.4. The van der Waals surface area contributed by atoms with Crippen molar-refractivity contribution < 1.29 is 35.5 Å². The Labute approximate surface area is 119 Å². The Morgan fingerprint density at radius 2 is 1.36 bits per heavy atom. The van der Waals surface area contributed by atoms with Gasteiger partial charge in [-0.2, -0.15) is 13.2 Å². The molecule has 0 aliphatic heterocycles. The van der Waals surface area contributed by atoms with Gasteiger partial charge in [0.1, 0.15) is 11.6 Å². The van der Waals surface area contributed by atoms with E-state index in [1.54, 1.807) is 0 Å². The molecule has 0 amide bonds. The number of alkyl halides is 6. The molecule has 0 atom stereocenters. The fraction of sp³-hybridized carbons (Fsp3) is 0.143. The topological polar surface area (TPSA) is 9.23 Å². The van der Waals surface area contributed by atoms with E-state index in [1.165, 1.54) is 0 Å². The van der Waals surface area contributed by atoms with E-state index in [2.05, 4.69) is 4.74 Å². The fourth-order valence-electron chi connectivity index (χ4n) is 1.84. The van der Waals surface area contributed by atoms with Crippen LogP contribution in [0.2, 0.25) is 0 Å². The van der Waals surface area contributed by atoms with Crippen LogP contribution in [0.15, 0.2) is 42.5 Å². The highest BCUT2D eigenvalue weighted by Crippen LogP contribution is 2.38. The SMILES string of the molecule is Fc1ccc(-c2ccc(OC(F)(F)F)cc2)c(C(F)(F)F)c1. The van der Waals surface area contributed by atoms with Gasteiger partial charge in [-0.3, -0.25) is 0 Å². The molecule has 0 aliphatic carbocycles. The molecule has 0 fully saturated rings. The number of hydrogen-bond donors (Lipinski definition) is 0. The predicted octanol–water partition coefficient (Wildman–Crippen LogP) is 5.41. The van der Waals surface area contributed by atoms with Gasteiger partial charge in [0.05, 0.1) is 5.56 Å². The zero-order chi connectivity index (χ0) is 16.5. The minimum absolute atomic E-state index is 0.0122. The average molecular weight is 324 g/mol. The Morgan fingerprint density at radius 1 is 0.773 bits per heavy atom. The Kier molecular flexibility index (Phi) is 4.04. The third-order valence-corrected chi connectivity index (χ3v) is 2.69. The molecule has 0 aliphatic rings. The predicted molar refractivity (Wildman–Crippen MR) is 63.5 cm³/mol. The van der Waals surface area contributed by atoms with Crippen LogP contribution in [-0.2, 0) is 6.18 Å². The smallest absolute Gasteiger partial charge is 0.406 e. The monoisotopic (exact) mass is 324 g/mol. The summed E-state index contributed by atoms with van der Waals surface area (Å²) in [6.07, 6.45) is -9.69. The van der Waals surface area contributed by atoms with E-state index in [0.717, 1.165) is 36.4 Å². The molecule has 0 saturated carbocycles. The number of rotatable bonds is 2. The lowest BCUT2D eigenvalue weighted by Crippen LogP contribution is -2.17. The molecule has 0 saturated heterocycles. The first-order chi connectivity index (χ1) is 10.1. The van der Waals surface area contributed by atoms with E-state index in [0.29, 0.717) is 6.07 Å². The average Bonchev–Trinajstić information content (AvgIpc) is 2.37. The summed E-state index contributed by atoms with van der Waals surface area (Å²) in [6, 6.07) is 5.91. The lowest BCUT2D eigenvalue weighted by molar-refractivity contribution is -0.274. The number of benzene rings is 2. The van der Waals surface area contributed by atoms with Crippen LogP contribution >= 0.6 is 0 Å². The van der Waals surface area contributed by atoms with Gasteiger partial charge < -0.3 is 4.74 Å². The van der Waals surface area contributed by atoms with Crippen molar-refractivity contribution in [2.75, 3.05) is 0 Å². The van der Waals surface area contributed by atoms with Crippen molar-refractivity contribution >= 4 is 0 Å². The maximum Gasteiger partial charge on any atom is 0.573 e.